The average molecular weight is 305 g/mol. The highest BCUT2D eigenvalue weighted by Crippen LogP contribution is 2.05. The summed E-state index contributed by atoms with van der Waals surface area (Å²) in [5.74, 6) is 0.508. The SMILES string of the molecule is CCCCOCCOCCOCCOC(CNC)C(C)C. The number of unbranched alkanes of at least 4 members (excludes halogenated alkanes) is 1. The number of hydrogen-bond donors (Lipinski definition) is 1. The highest BCUT2D eigenvalue weighted by Gasteiger charge is 2.12. The van der Waals surface area contributed by atoms with E-state index in [-0.39, 0.29) is 6.10 Å². The van der Waals surface area contributed by atoms with Crippen LogP contribution in [0.1, 0.15) is 33.6 Å². The summed E-state index contributed by atoms with van der Waals surface area (Å²) in [4.78, 5) is 0. The fourth-order valence-corrected chi connectivity index (χ4v) is 1.73. The summed E-state index contributed by atoms with van der Waals surface area (Å²) in [7, 11) is 1.94. The van der Waals surface area contributed by atoms with E-state index in [0.29, 0.717) is 45.6 Å². The molecule has 0 radical (unpaired) electrons. The molecule has 0 aliphatic heterocycles. The fourth-order valence-electron chi connectivity index (χ4n) is 1.73. The molecular formula is C16H35NO4. The Morgan fingerprint density at radius 3 is 1.81 bits per heavy atom. The quantitative estimate of drug-likeness (QED) is 0.443. The molecule has 0 heterocycles. The van der Waals surface area contributed by atoms with Crippen molar-refractivity contribution in [3.8, 4) is 0 Å². The predicted octanol–water partition coefficient (Wildman–Crippen LogP) is 2.10. The maximum absolute atomic E-state index is 5.78. The van der Waals surface area contributed by atoms with Crippen molar-refractivity contribution in [2.45, 2.75) is 39.7 Å². The van der Waals surface area contributed by atoms with Gasteiger partial charge in [-0.05, 0) is 19.4 Å². The van der Waals surface area contributed by atoms with Crippen LogP contribution in [0.15, 0.2) is 0 Å². The monoisotopic (exact) mass is 305 g/mol. The molecule has 21 heavy (non-hydrogen) atoms. The molecule has 5 heteroatoms. The lowest BCUT2D eigenvalue weighted by Gasteiger charge is -2.21. The van der Waals surface area contributed by atoms with Crippen molar-refractivity contribution in [3.05, 3.63) is 0 Å². The van der Waals surface area contributed by atoms with Gasteiger partial charge in [-0.3, -0.25) is 0 Å². The largest absolute Gasteiger partial charge is 0.379 e. The van der Waals surface area contributed by atoms with E-state index in [0.717, 1.165) is 19.6 Å². The van der Waals surface area contributed by atoms with E-state index >= 15 is 0 Å². The summed E-state index contributed by atoms with van der Waals surface area (Å²) < 4.78 is 22.1. The van der Waals surface area contributed by atoms with Crippen molar-refractivity contribution >= 4 is 0 Å². The van der Waals surface area contributed by atoms with Crippen molar-refractivity contribution < 1.29 is 18.9 Å². The van der Waals surface area contributed by atoms with Gasteiger partial charge in [-0.25, -0.2) is 0 Å². The molecule has 0 aromatic heterocycles. The summed E-state index contributed by atoms with van der Waals surface area (Å²) in [5, 5.41) is 3.14. The van der Waals surface area contributed by atoms with Gasteiger partial charge in [-0.2, -0.15) is 0 Å². The lowest BCUT2D eigenvalue weighted by Crippen LogP contribution is -2.32. The molecule has 0 rings (SSSR count). The first-order chi connectivity index (χ1) is 10.2. The van der Waals surface area contributed by atoms with Gasteiger partial charge in [0.1, 0.15) is 0 Å². The van der Waals surface area contributed by atoms with E-state index in [4.69, 9.17) is 18.9 Å². The van der Waals surface area contributed by atoms with Crippen molar-refractivity contribution in [1.82, 2.24) is 5.32 Å². The molecule has 0 spiro atoms. The molecule has 1 atom stereocenters. The second-order valence-electron chi connectivity index (χ2n) is 5.40. The second-order valence-corrected chi connectivity index (χ2v) is 5.40. The van der Waals surface area contributed by atoms with E-state index in [1.54, 1.807) is 0 Å². The Labute approximate surface area is 130 Å². The van der Waals surface area contributed by atoms with Crippen molar-refractivity contribution in [1.29, 1.82) is 0 Å². The molecule has 0 aromatic carbocycles. The predicted molar refractivity (Wildman–Crippen MR) is 85.9 cm³/mol. The third kappa shape index (κ3) is 14.5. The molecule has 0 bridgehead atoms. The smallest absolute Gasteiger partial charge is 0.0723 e. The lowest BCUT2D eigenvalue weighted by atomic mass is 10.1. The van der Waals surface area contributed by atoms with Crippen LogP contribution in [-0.2, 0) is 18.9 Å². The number of likely N-dealkylation sites (N-methyl/N-ethyl adjacent to an activating group) is 1. The Bertz CT molecular complexity index is 203. The number of rotatable bonds is 16. The fraction of sp³-hybridized carbons (Fsp3) is 1.00. The van der Waals surface area contributed by atoms with Gasteiger partial charge in [0.2, 0.25) is 0 Å². The molecule has 0 aliphatic carbocycles. The molecule has 0 aromatic rings. The van der Waals surface area contributed by atoms with Crippen LogP contribution in [-0.4, -0.2) is 65.9 Å². The Morgan fingerprint density at radius 2 is 1.33 bits per heavy atom. The number of hydrogen-bond acceptors (Lipinski definition) is 5. The standard InChI is InChI=1S/C16H35NO4/c1-5-6-7-18-8-9-19-10-11-20-12-13-21-16(14-17-4)15(2)3/h15-17H,5-14H2,1-4H3. The van der Waals surface area contributed by atoms with Crippen LogP contribution in [0.25, 0.3) is 0 Å². The third-order valence-corrected chi connectivity index (χ3v) is 3.09. The van der Waals surface area contributed by atoms with Gasteiger partial charge in [0, 0.05) is 13.2 Å². The first-order valence-corrected chi connectivity index (χ1v) is 8.21. The van der Waals surface area contributed by atoms with Gasteiger partial charge >= 0.3 is 0 Å². The van der Waals surface area contributed by atoms with Gasteiger partial charge < -0.3 is 24.3 Å². The molecule has 0 fully saturated rings. The van der Waals surface area contributed by atoms with E-state index in [2.05, 4.69) is 26.1 Å². The van der Waals surface area contributed by atoms with Crippen molar-refractivity contribution in [2.75, 3.05) is 59.8 Å². The summed E-state index contributed by atoms with van der Waals surface area (Å²) in [6.07, 6.45) is 2.53. The molecule has 0 amide bonds. The van der Waals surface area contributed by atoms with E-state index in [1.807, 2.05) is 7.05 Å². The summed E-state index contributed by atoms with van der Waals surface area (Å²) in [6, 6.07) is 0. The zero-order valence-corrected chi connectivity index (χ0v) is 14.4. The minimum atomic E-state index is 0.245. The van der Waals surface area contributed by atoms with Gasteiger partial charge in [-0.15, -0.1) is 0 Å². The summed E-state index contributed by atoms with van der Waals surface area (Å²) in [6.45, 7) is 12.0. The maximum atomic E-state index is 5.78. The van der Waals surface area contributed by atoms with E-state index < -0.39 is 0 Å². The highest BCUT2D eigenvalue weighted by atomic mass is 16.6. The van der Waals surface area contributed by atoms with Crippen LogP contribution in [0, 0.1) is 5.92 Å². The summed E-state index contributed by atoms with van der Waals surface area (Å²) in [5.41, 5.74) is 0. The Kier molecular flexibility index (Phi) is 16.0. The molecule has 0 saturated carbocycles. The van der Waals surface area contributed by atoms with E-state index in [9.17, 15) is 0 Å². The molecule has 1 unspecified atom stereocenters. The van der Waals surface area contributed by atoms with Gasteiger partial charge in [0.05, 0.1) is 45.7 Å². The normalized spacial score (nSPS) is 13.0. The maximum Gasteiger partial charge on any atom is 0.0723 e. The Hall–Kier alpha value is -0.200. The van der Waals surface area contributed by atoms with Gasteiger partial charge in [-0.1, -0.05) is 27.2 Å². The van der Waals surface area contributed by atoms with Crippen LogP contribution in [0.4, 0.5) is 0 Å². The first kappa shape index (κ1) is 20.8. The minimum Gasteiger partial charge on any atom is -0.379 e. The highest BCUT2D eigenvalue weighted by molar-refractivity contribution is 4.64. The molecular weight excluding hydrogens is 270 g/mol. The van der Waals surface area contributed by atoms with Crippen molar-refractivity contribution in [3.63, 3.8) is 0 Å². The second kappa shape index (κ2) is 16.2. The lowest BCUT2D eigenvalue weighted by molar-refractivity contribution is -0.0290. The van der Waals surface area contributed by atoms with Crippen LogP contribution >= 0.6 is 0 Å². The van der Waals surface area contributed by atoms with E-state index in [1.165, 1.54) is 6.42 Å². The molecule has 1 N–H and O–H groups in total. The number of nitrogens with one attached hydrogen (secondary N) is 1. The van der Waals surface area contributed by atoms with Crippen molar-refractivity contribution in [2.24, 2.45) is 5.92 Å². The zero-order chi connectivity index (χ0) is 15.8. The van der Waals surface area contributed by atoms with Crippen LogP contribution in [0.2, 0.25) is 0 Å². The molecule has 0 saturated heterocycles. The topological polar surface area (TPSA) is 49.0 Å². The van der Waals surface area contributed by atoms with Crippen LogP contribution < -0.4 is 5.32 Å². The third-order valence-electron chi connectivity index (χ3n) is 3.09. The number of ether oxygens (including phenoxy) is 4. The first-order valence-electron chi connectivity index (χ1n) is 8.21. The van der Waals surface area contributed by atoms with Gasteiger partial charge in [0.15, 0.2) is 0 Å². The van der Waals surface area contributed by atoms with Crippen LogP contribution in [0.3, 0.4) is 0 Å². The van der Waals surface area contributed by atoms with Crippen LogP contribution in [0.5, 0.6) is 0 Å². The average Bonchev–Trinajstić information content (AvgIpc) is 2.47. The Balaban J connectivity index is 3.21. The molecule has 128 valence electrons. The van der Waals surface area contributed by atoms with Gasteiger partial charge in [0.25, 0.3) is 0 Å². The zero-order valence-electron chi connectivity index (χ0n) is 14.4. The molecule has 0 aliphatic rings. The molecule has 5 nitrogen and oxygen atoms in total. The Morgan fingerprint density at radius 1 is 0.810 bits per heavy atom. The minimum absolute atomic E-state index is 0.245. The summed E-state index contributed by atoms with van der Waals surface area (Å²) >= 11 is 0.